The summed E-state index contributed by atoms with van der Waals surface area (Å²) in [6.07, 6.45) is 3.68. The van der Waals surface area contributed by atoms with E-state index in [1.165, 1.54) is 10.5 Å². The van der Waals surface area contributed by atoms with Crippen LogP contribution in [0.25, 0.3) is 11.8 Å². The van der Waals surface area contributed by atoms with Crippen molar-refractivity contribution in [3.8, 4) is 5.69 Å². The Bertz CT molecular complexity index is 1120. The highest BCUT2D eigenvalue weighted by Crippen LogP contribution is 2.22. The molecular formula is C24H23N3O2. The summed E-state index contributed by atoms with van der Waals surface area (Å²) in [7, 11) is 0. The number of rotatable bonds is 4. The van der Waals surface area contributed by atoms with Gasteiger partial charge in [0.05, 0.1) is 6.54 Å². The molecular weight excluding hydrogens is 362 g/mol. The summed E-state index contributed by atoms with van der Waals surface area (Å²) >= 11 is 0. The molecule has 1 aliphatic rings. The minimum absolute atomic E-state index is 0.250. The van der Waals surface area contributed by atoms with Crippen LogP contribution in [0.1, 0.15) is 27.9 Å². The molecule has 5 nitrogen and oxygen atoms in total. The third-order valence-electron chi connectivity index (χ3n) is 5.11. The maximum atomic E-state index is 12.8. The van der Waals surface area contributed by atoms with Crippen molar-refractivity contribution in [2.24, 2.45) is 0 Å². The van der Waals surface area contributed by atoms with Crippen molar-refractivity contribution in [2.45, 2.75) is 27.3 Å². The zero-order valence-corrected chi connectivity index (χ0v) is 16.8. The third-order valence-corrected chi connectivity index (χ3v) is 5.11. The molecule has 0 spiro atoms. The Morgan fingerprint density at radius 1 is 0.931 bits per heavy atom. The zero-order valence-electron chi connectivity index (χ0n) is 16.8. The predicted octanol–water partition coefficient (Wildman–Crippen LogP) is 4.50. The van der Waals surface area contributed by atoms with Crippen LogP contribution in [0.2, 0.25) is 0 Å². The van der Waals surface area contributed by atoms with Crippen LogP contribution in [0.3, 0.4) is 0 Å². The van der Waals surface area contributed by atoms with Gasteiger partial charge in [0.2, 0.25) is 0 Å². The summed E-state index contributed by atoms with van der Waals surface area (Å²) in [5.41, 5.74) is 6.55. The highest BCUT2D eigenvalue weighted by atomic mass is 16.2. The molecule has 3 amide bonds. The Morgan fingerprint density at radius 3 is 2.38 bits per heavy atom. The van der Waals surface area contributed by atoms with E-state index in [0.717, 1.165) is 28.1 Å². The van der Waals surface area contributed by atoms with Crippen molar-refractivity contribution in [1.29, 1.82) is 0 Å². The number of carbonyl (C=O) groups is 2. The van der Waals surface area contributed by atoms with Gasteiger partial charge in [-0.05, 0) is 56.2 Å². The number of aromatic nitrogens is 1. The number of nitrogens with one attached hydrogen (secondary N) is 1. The van der Waals surface area contributed by atoms with Gasteiger partial charge in [0, 0.05) is 17.6 Å². The second-order valence-electron chi connectivity index (χ2n) is 7.46. The van der Waals surface area contributed by atoms with Gasteiger partial charge in [-0.1, -0.05) is 47.5 Å². The average Bonchev–Trinajstić information content (AvgIpc) is 3.23. The van der Waals surface area contributed by atoms with Crippen molar-refractivity contribution in [2.75, 3.05) is 0 Å². The molecule has 146 valence electrons. The summed E-state index contributed by atoms with van der Waals surface area (Å²) in [5.74, 6) is -0.316. The zero-order chi connectivity index (χ0) is 20.5. The van der Waals surface area contributed by atoms with Crippen molar-refractivity contribution in [3.63, 3.8) is 0 Å². The Balaban J connectivity index is 1.61. The van der Waals surface area contributed by atoms with Crippen molar-refractivity contribution in [3.05, 3.63) is 94.4 Å². The molecule has 0 atom stereocenters. The van der Waals surface area contributed by atoms with E-state index in [4.69, 9.17) is 0 Å². The van der Waals surface area contributed by atoms with E-state index in [2.05, 4.69) is 37.4 Å². The van der Waals surface area contributed by atoms with Crippen LogP contribution in [0.15, 0.2) is 66.5 Å². The number of imide groups is 1. The lowest BCUT2D eigenvalue weighted by Gasteiger charge is -2.12. The van der Waals surface area contributed by atoms with Crippen LogP contribution in [-0.4, -0.2) is 21.4 Å². The van der Waals surface area contributed by atoms with Crippen LogP contribution in [0.5, 0.6) is 0 Å². The standard InChI is InChI=1S/C24H23N3O2/c1-16-6-9-19(10-7-16)15-27-23(28)21(25-24(27)29)14-20-5-4-12-26(20)22-11-8-17(2)13-18(22)3/h4-14H,15H2,1-3H3,(H,25,29)/b21-14+. The lowest BCUT2D eigenvalue weighted by molar-refractivity contribution is -0.123. The maximum Gasteiger partial charge on any atom is 0.329 e. The molecule has 1 N–H and O–H groups in total. The number of nitrogens with zero attached hydrogens (tertiary/aromatic N) is 2. The summed E-state index contributed by atoms with van der Waals surface area (Å²) in [6, 6.07) is 17.5. The van der Waals surface area contributed by atoms with E-state index in [9.17, 15) is 9.59 Å². The molecule has 2 aromatic carbocycles. The first kappa shape index (κ1) is 18.7. The molecule has 0 radical (unpaired) electrons. The molecule has 2 heterocycles. The number of benzene rings is 2. The van der Waals surface area contributed by atoms with Crippen LogP contribution >= 0.6 is 0 Å². The highest BCUT2D eigenvalue weighted by Gasteiger charge is 2.33. The first-order chi connectivity index (χ1) is 13.9. The Kier molecular flexibility index (Phi) is 4.80. The third kappa shape index (κ3) is 3.72. The largest absolute Gasteiger partial charge is 0.329 e. The molecule has 4 rings (SSSR count). The smallest absolute Gasteiger partial charge is 0.317 e. The van der Waals surface area contributed by atoms with Gasteiger partial charge >= 0.3 is 6.03 Å². The molecule has 1 saturated heterocycles. The molecule has 1 aliphatic heterocycles. The summed E-state index contributed by atoms with van der Waals surface area (Å²) in [6.45, 7) is 6.37. The fraction of sp³-hybridized carbons (Fsp3) is 0.167. The van der Waals surface area contributed by atoms with Crippen LogP contribution in [-0.2, 0) is 11.3 Å². The molecule has 1 aromatic heterocycles. The number of amides is 3. The van der Waals surface area contributed by atoms with Crippen molar-refractivity contribution >= 4 is 18.0 Å². The Labute approximate surface area is 170 Å². The molecule has 0 unspecified atom stereocenters. The molecule has 29 heavy (non-hydrogen) atoms. The number of urea groups is 1. The average molecular weight is 385 g/mol. The van der Waals surface area contributed by atoms with Crippen molar-refractivity contribution < 1.29 is 9.59 Å². The summed E-state index contributed by atoms with van der Waals surface area (Å²) in [5, 5.41) is 2.71. The predicted molar refractivity (Wildman–Crippen MR) is 113 cm³/mol. The first-order valence-electron chi connectivity index (χ1n) is 9.57. The highest BCUT2D eigenvalue weighted by molar-refractivity contribution is 6.13. The van der Waals surface area contributed by atoms with Gasteiger partial charge in [-0.15, -0.1) is 0 Å². The maximum absolute atomic E-state index is 12.8. The Morgan fingerprint density at radius 2 is 1.66 bits per heavy atom. The van der Waals surface area contributed by atoms with Gasteiger partial charge < -0.3 is 9.88 Å². The van der Waals surface area contributed by atoms with Gasteiger partial charge in [0.25, 0.3) is 5.91 Å². The molecule has 0 aliphatic carbocycles. The molecule has 0 saturated carbocycles. The lowest BCUT2D eigenvalue weighted by atomic mass is 10.1. The van der Waals surface area contributed by atoms with Crippen LogP contribution < -0.4 is 5.32 Å². The number of carbonyl (C=O) groups excluding carboxylic acids is 2. The number of hydrogen-bond acceptors (Lipinski definition) is 2. The molecule has 1 fully saturated rings. The van der Waals surface area contributed by atoms with E-state index >= 15 is 0 Å². The van der Waals surface area contributed by atoms with Crippen LogP contribution in [0, 0.1) is 20.8 Å². The fourth-order valence-corrected chi connectivity index (χ4v) is 3.55. The number of hydrogen-bond donors (Lipinski definition) is 1. The van der Waals surface area contributed by atoms with Gasteiger partial charge in [-0.3, -0.25) is 9.69 Å². The van der Waals surface area contributed by atoms with Gasteiger partial charge in [0.1, 0.15) is 5.70 Å². The van der Waals surface area contributed by atoms with Gasteiger partial charge in [0.15, 0.2) is 0 Å². The monoisotopic (exact) mass is 385 g/mol. The van der Waals surface area contributed by atoms with E-state index < -0.39 is 6.03 Å². The van der Waals surface area contributed by atoms with Gasteiger partial charge in [-0.2, -0.15) is 0 Å². The second kappa shape index (κ2) is 7.43. The first-order valence-corrected chi connectivity index (χ1v) is 9.57. The normalized spacial score (nSPS) is 15.3. The van der Waals surface area contributed by atoms with E-state index in [1.807, 2.05) is 54.1 Å². The van der Waals surface area contributed by atoms with Gasteiger partial charge in [-0.25, -0.2) is 4.79 Å². The van der Waals surface area contributed by atoms with E-state index in [1.54, 1.807) is 6.08 Å². The lowest BCUT2D eigenvalue weighted by Crippen LogP contribution is -2.30. The molecule has 5 heteroatoms. The quantitative estimate of drug-likeness (QED) is 0.531. The fourth-order valence-electron chi connectivity index (χ4n) is 3.55. The van der Waals surface area contributed by atoms with E-state index in [-0.39, 0.29) is 18.1 Å². The minimum atomic E-state index is -0.397. The van der Waals surface area contributed by atoms with E-state index in [0.29, 0.717) is 0 Å². The minimum Gasteiger partial charge on any atom is -0.317 e. The number of aryl methyl sites for hydroxylation is 3. The Hall–Kier alpha value is -3.60. The summed E-state index contributed by atoms with van der Waals surface area (Å²) < 4.78 is 2.02. The molecule has 0 bridgehead atoms. The van der Waals surface area contributed by atoms with Crippen LogP contribution in [0.4, 0.5) is 4.79 Å². The topological polar surface area (TPSA) is 54.3 Å². The molecule has 3 aromatic rings. The second-order valence-corrected chi connectivity index (χ2v) is 7.46. The SMILES string of the molecule is Cc1ccc(CN2C(=O)N/C(=C/c3cccn3-c3ccc(C)cc3C)C2=O)cc1. The summed E-state index contributed by atoms with van der Waals surface area (Å²) in [4.78, 5) is 26.5. The van der Waals surface area contributed by atoms with Crippen molar-refractivity contribution in [1.82, 2.24) is 14.8 Å².